The van der Waals surface area contributed by atoms with Gasteiger partial charge in [0.1, 0.15) is 6.61 Å². The van der Waals surface area contributed by atoms with E-state index in [0.29, 0.717) is 94.2 Å². The summed E-state index contributed by atoms with van der Waals surface area (Å²) in [5.41, 5.74) is -0.199. The summed E-state index contributed by atoms with van der Waals surface area (Å²) in [6.45, 7) is 26.9. The second-order valence-electron chi connectivity index (χ2n) is 27.3. The summed E-state index contributed by atoms with van der Waals surface area (Å²) < 4.78 is 54.4. The van der Waals surface area contributed by atoms with E-state index < -0.39 is 32.6 Å². The largest absolute Gasteiger partial charge is 0.481 e. The van der Waals surface area contributed by atoms with Gasteiger partial charge in [-0.15, -0.1) is 0 Å². The van der Waals surface area contributed by atoms with E-state index in [2.05, 4.69) is 58.7 Å². The number of hydrogen-bond acceptors (Lipinski definition) is 11. The molecule has 14 atom stereocenters. The molecule has 8 aliphatic rings. The van der Waals surface area contributed by atoms with Crippen LogP contribution in [0.5, 0.6) is 0 Å². The lowest BCUT2D eigenvalue weighted by atomic mass is 9.29. The Bertz CT molecular complexity index is 2220. The molecule has 1 aromatic rings. The second-order valence-corrected chi connectivity index (χ2v) is 29.6. The standard InChI is InChI=1S/C60H96N2O10S/c1-41(71-35-34-70-33-32-69-31-30-68-10)46(62-28-36-73(66,67)37-29-62)39-61-59-23-18-43(55(6)24-25-55)50(59)44-16-17-49-56(7)21-19-48(53(2,3)47(56)20-22-58(49,9)57(44,8)26-27-59)60(52(64)65)38-45(54(60,4)5)51(63)72-40-42-14-12-11-13-15-42/h11-15,41,43-50,61H,16-40H2,1-10H3,(H,64,65)/t41-,43-,44-,45+,46-,47-,48+,49-,50-,56-,57-,58-,59+,60-/m1/s1. The van der Waals surface area contributed by atoms with E-state index in [1.165, 1.54) is 51.4 Å². The smallest absolute Gasteiger partial charge is 0.310 e. The molecule has 73 heavy (non-hydrogen) atoms. The molecule has 9 rings (SSSR count). The number of carbonyl (C=O) groups excluding carboxylic acids is 1. The minimum atomic E-state index is -3.04. The van der Waals surface area contributed by atoms with Gasteiger partial charge in [0.2, 0.25) is 0 Å². The third-order valence-electron chi connectivity index (χ3n) is 23.9. The number of nitrogens with one attached hydrogen (secondary N) is 1. The zero-order valence-electron chi connectivity index (χ0n) is 46.7. The van der Waals surface area contributed by atoms with E-state index in [4.69, 9.17) is 23.7 Å². The average molecular weight is 1040 g/mol. The Balaban J connectivity index is 0.918. The van der Waals surface area contributed by atoms with E-state index in [9.17, 15) is 23.1 Å². The Labute approximate surface area is 440 Å². The van der Waals surface area contributed by atoms with Crippen molar-refractivity contribution < 1.29 is 46.8 Å². The number of carboxylic acids is 1. The SMILES string of the molecule is COCCOCCOCCO[C@H](C)[C@@H](CN[C@]12CC[C@@H](C3(C)CC3)[C@@H]1[C@H]1CC[C@@H]3[C@]4(C)CC[C@H]([C@@]5(C(=O)O)C[C@@H](C(=O)OCc6ccccc6)C5(C)C)C(C)(C)[C@H]4CC[C@@]3(C)[C@]1(C)CC2)N1CCS(=O)(=O)CC1. The van der Waals surface area contributed by atoms with Crippen LogP contribution in [0.4, 0.5) is 0 Å². The first-order chi connectivity index (χ1) is 34.5. The zero-order valence-corrected chi connectivity index (χ0v) is 47.6. The number of fused-ring (bicyclic) bond motifs is 7. The molecule has 0 spiro atoms. The summed E-state index contributed by atoms with van der Waals surface area (Å²) >= 11 is 0. The highest BCUT2D eigenvalue weighted by molar-refractivity contribution is 7.91. The van der Waals surface area contributed by atoms with Crippen molar-refractivity contribution in [3.8, 4) is 0 Å². The molecular weight excluding hydrogens is 941 g/mol. The van der Waals surface area contributed by atoms with Crippen molar-refractivity contribution >= 4 is 21.8 Å². The van der Waals surface area contributed by atoms with Crippen molar-refractivity contribution in [1.82, 2.24) is 10.2 Å². The maximum Gasteiger partial charge on any atom is 0.310 e. The Morgan fingerprint density at radius 3 is 2.04 bits per heavy atom. The third kappa shape index (κ3) is 9.52. The first-order valence-corrected chi connectivity index (χ1v) is 30.7. The van der Waals surface area contributed by atoms with Crippen LogP contribution < -0.4 is 5.32 Å². The molecule has 0 bridgehead atoms. The van der Waals surface area contributed by atoms with Crippen LogP contribution in [0.15, 0.2) is 30.3 Å². The first kappa shape index (κ1) is 55.6. The lowest BCUT2D eigenvalue weighted by Gasteiger charge is -2.75. The van der Waals surface area contributed by atoms with Crippen LogP contribution in [0.1, 0.15) is 151 Å². The fourth-order valence-electron chi connectivity index (χ4n) is 19.3. The van der Waals surface area contributed by atoms with E-state index in [0.717, 1.165) is 37.8 Å². The van der Waals surface area contributed by atoms with Crippen molar-refractivity contribution in [2.24, 2.45) is 79.3 Å². The van der Waals surface area contributed by atoms with Crippen molar-refractivity contribution in [3.05, 3.63) is 35.9 Å². The predicted molar refractivity (Wildman–Crippen MR) is 284 cm³/mol. The summed E-state index contributed by atoms with van der Waals surface area (Å²) in [6.07, 6.45) is 14.4. The lowest BCUT2D eigenvalue weighted by Crippen LogP contribution is -2.72. The molecule has 1 aliphatic heterocycles. The van der Waals surface area contributed by atoms with Gasteiger partial charge in [-0.3, -0.25) is 14.5 Å². The molecule has 1 aromatic carbocycles. The van der Waals surface area contributed by atoms with Crippen molar-refractivity contribution in [2.45, 2.75) is 170 Å². The molecule has 0 radical (unpaired) electrons. The van der Waals surface area contributed by atoms with Crippen LogP contribution in [0, 0.1) is 79.3 Å². The first-order valence-electron chi connectivity index (χ1n) is 28.9. The number of nitrogens with zero attached hydrogens (tertiary/aromatic N) is 1. The summed E-state index contributed by atoms with van der Waals surface area (Å²) in [4.78, 5) is 30.1. The highest BCUT2D eigenvalue weighted by Gasteiger charge is 2.77. The van der Waals surface area contributed by atoms with Crippen LogP contribution in [-0.2, 0) is 49.7 Å². The molecule has 7 aliphatic carbocycles. The second kappa shape index (κ2) is 20.6. The molecule has 0 unspecified atom stereocenters. The van der Waals surface area contributed by atoms with E-state index in [1.54, 1.807) is 7.11 Å². The van der Waals surface area contributed by atoms with Crippen molar-refractivity contribution in [2.75, 3.05) is 77.9 Å². The molecule has 12 nitrogen and oxygen atoms in total. The summed E-state index contributed by atoms with van der Waals surface area (Å²) in [5, 5.41) is 15.8. The van der Waals surface area contributed by atoms with Gasteiger partial charge < -0.3 is 34.1 Å². The van der Waals surface area contributed by atoms with Gasteiger partial charge in [0.15, 0.2) is 9.84 Å². The Hall–Kier alpha value is -2.13. The molecule has 13 heteroatoms. The fraction of sp³-hybridized carbons (Fsp3) is 0.867. The number of carbonyl (C=O) groups is 2. The van der Waals surface area contributed by atoms with Gasteiger partial charge in [-0.05, 0) is 164 Å². The Morgan fingerprint density at radius 2 is 1.40 bits per heavy atom. The van der Waals surface area contributed by atoms with Crippen molar-refractivity contribution in [3.63, 3.8) is 0 Å². The number of rotatable bonds is 21. The predicted octanol–water partition coefficient (Wildman–Crippen LogP) is 9.87. The maximum absolute atomic E-state index is 13.9. The molecule has 412 valence electrons. The number of aliphatic carboxylic acids is 1. The Kier molecular flexibility index (Phi) is 15.7. The van der Waals surface area contributed by atoms with E-state index in [1.807, 2.05) is 44.2 Å². The van der Waals surface area contributed by atoms with Gasteiger partial charge in [0.05, 0.1) is 68.6 Å². The number of benzene rings is 1. The van der Waals surface area contributed by atoms with Crippen LogP contribution in [0.25, 0.3) is 0 Å². The number of ether oxygens (including phenoxy) is 5. The molecule has 8 fully saturated rings. The molecule has 7 saturated carbocycles. The lowest BCUT2D eigenvalue weighted by molar-refractivity contribution is -0.268. The maximum atomic E-state index is 13.9. The number of hydrogen-bond donors (Lipinski definition) is 2. The summed E-state index contributed by atoms with van der Waals surface area (Å²) in [6, 6.07) is 9.79. The molecular formula is C60H96N2O10S. The normalized spacial score (nSPS) is 40.7. The van der Waals surface area contributed by atoms with Crippen LogP contribution in [-0.4, -0.2) is 126 Å². The summed E-state index contributed by atoms with van der Waals surface area (Å²) in [7, 11) is -1.38. The number of methoxy groups -OCH3 is 1. The average Bonchev–Trinajstić information content (AvgIpc) is 3.97. The van der Waals surface area contributed by atoms with Crippen LogP contribution >= 0.6 is 0 Å². The van der Waals surface area contributed by atoms with Crippen LogP contribution in [0.3, 0.4) is 0 Å². The molecule has 1 saturated heterocycles. The molecule has 1 heterocycles. The number of carboxylic acid groups (broad SMARTS) is 1. The highest BCUT2D eigenvalue weighted by Crippen LogP contribution is 2.80. The van der Waals surface area contributed by atoms with Gasteiger partial charge in [0, 0.05) is 38.3 Å². The van der Waals surface area contributed by atoms with Gasteiger partial charge in [0.25, 0.3) is 0 Å². The number of esters is 1. The fourth-order valence-corrected chi connectivity index (χ4v) is 20.5. The number of sulfone groups is 1. The van der Waals surface area contributed by atoms with Gasteiger partial charge >= 0.3 is 11.9 Å². The van der Waals surface area contributed by atoms with Gasteiger partial charge in [-0.1, -0.05) is 85.7 Å². The van der Waals surface area contributed by atoms with Gasteiger partial charge in [-0.2, -0.15) is 0 Å². The van der Waals surface area contributed by atoms with Crippen LogP contribution in [0.2, 0.25) is 0 Å². The minimum absolute atomic E-state index is 0.0309. The van der Waals surface area contributed by atoms with E-state index >= 15 is 0 Å². The summed E-state index contributed by atoms with van der Waals surface area (Å²) in [5.74, 6) is 1.69. The molecule has 0 aromatic heterocycles. The Morgan fingerprint density at radius 1 is 0.740 bits per heavy atom. The van der Waals surface area contributed by atoms with Gasteiger partial charge in [-0.25, -0.2) is 8.42 Å². The minimum Gasteiger partial charge on any atom is -0.481 e. The molecule has 0 amide bonds. The topological polar surface area (TPSA) is 150 Å². The quantitative estimate of drug-likeness (QED) is 0.0892. The third-order valence-corrected chi connectivity index (χ3v) is 25.5. The highest BCUT2D eigenvalue weighted by atomic mass is 32.2. The molecule has 2 N–H and O–H groups in total. The van der Waals surface area contributed by atoms with Crippen molar-refractivity contribution in [1.29, 1.82) is 0 Å². The zero-order chi connectivity index (χ0) is 52.5. The van der Waals surface area contributed by atoms with E-state index in [-0.39, 0.29) is 69.3 Å². The monoisotopic (exact) mass is 1040 g/mol.